The molecule has 0 N–H and O–H groups in total. The summed E-state index contributed by atoms with van der Waals surface area (Å²) in [7, 11) is 0. The van der Waals surface area contributed by atoms with Gasteiger partial charge in [0, 0.05) is 17.3 Å². The SMILES string of the molecule is O=c1cc(Cl)ccn1Cc1cccc(F)n1. The Hall–Kier alpha value is -1.68. The first-order valence-electron chi connectivity index (χ1n) is 4.62. The molecule has 0 bridgehead atoms. The second-order valence-electron chi connectivity index (χ2n) is 3.26. The Morgan fingerprint density at radius 2 is 2.19 bits per heavy atom. The zero-order valence-electron chi connectivity index (χ0n) is 8.23. The summed E-state index contributed by atoms with van der Waals surface area (Å²) in [5.41, 5.74) is 0.253. The van der Waals surface area contributed by atoms with E-state index >= 15 is 0 Å². The molecule has 16 heavy (non-hydrogen) atoms. The molecule has 0 aliphatic rings. The van der Waals surface area contributed by atoms with Crippen molar-refractivity contribution in [1.82, 2.24) is 9.55 Å². The van der Waals surface area contributed by atoms with E-state index in [0.29, 0.717) is 10.7 Å². The van der Waals surface area contributed by atoms with Crippen molar-refractivity contribution in [3.63, 3.8) is 0 Å². The van der Waals surface area contributed by atoms with Crippen LogP contribution in [0.3, 0.4) is 0 Å². The predicted molar refractivity (Wildman–Crippen MR) is 59.0 cm³/mol. The van der Waals surface area contributed by atoms with Crippen molar-refractivity contribution in [2.45, 2.75) is 6.54 Å². The summed E-state index contributed by atoms with van der Waals surface area (Å²) < 4.78 is 14.2. The zero-order valence-corrected chi connectivity index (χ0v) is 8.99. The van der Waals surface area contributed by atoms with Gasteiger partial charge in [-0.1, -0.05) is 17.7 Å². The van der Waals surface area contributed by atoms with Crippen LogP contribution in [0.1, 0.15) is 5.69 Å². The highest BCUT2D eigenvalue weighted by Gasteiger charge is 2.01. The zero-order chi connectivity index (χ0) is 11.5. The molecule has 0 spiro atoms. The highest BCUT2D eigenvalue weighted by Crippen LogP contribution is 2.04. The molecule has 3 nitrogen and oxygen atoms in total. The summed E-state index contributed by atoms with van der Waals surface area (Å²) in [5, 5.41) is 0.383. The van der Waals surface area contributed by atoms with Gasteiger partial charge in [-0.2, -0.15) is 4.39 Å². The number of hydrogen-bond acceptors (Lipinski definition) is 2. The minimum absolute atomic E-state index is 0.230. The van der Waals surface area contributed by atoms with E-state index in [0.717, 1.165) is 0 Å². The Bertz CT molecular complexity index is 568. The van der Waals surface area contributed by atoms with Gasteiger partial charge < -0.3 is 4.57 Å². The van der Waals surface area contributed by atoms with Gasteiger partial charge >= 0.3 is 0 Å². The second kappa shape index (κ2) is 4.45. The van der Waals surface area contributed by atoms with Crippen LogP contribution < -0.4 is 5.56 Å². The topological polar surface area (TPSA) is 34.9 Å². The molecule has 2 aromatic heterocycles. The average molecular weight is 239 g/mol. The van der Waals surface area contributed by atoms with Gasteiger partial charge in [-0.15, -0.1) is 0 Å². The van der Waals surface area contributed by atoms with E-state index in [1.54, 1.807) is 24.4 Å². The lowest BCUT2D eigenvalue weighted by Gasteiger charge is -2.04. The summed E-state index contributed by atoms with van der Waals surface area (Å²) >= 11 is 5.66. The van der Waals surface area contributed by atoms with Gasteiger partial charge in [-0.3, -0.25) is 4.79 Å². The van der Waals surface area contributed by atoms with Gasteiger partial charge in [-0.25, -0.2) is 4.98 Å². The first-order chi connectivity index (χ1) is 7.65. The maximum absolute atomic E-state index is 12.8. The molecule has 0 unspecified atom stereocenters. The van der Waals surface area contributed by atoms with E-state index in [2.05, 4.69) is 4.98 Å². The van der Waals surface area contributed by atoms with Crippen LogP contribution in [-0.2, 0) is 6.54 Å². The maximum Gasteiger partial charge on any atom is 0.252 e. The largest absolute Gasteiger partial charge is 0.309 e. The van der Waals surface area contributed by atoms with E-state index in [1.165, 1.54) is 16.7 Å². The predicted octanol–water partition coefficient (Wildman–Crippen LogP) is 2.08. The Kier molecular flexibility index (Phi) is 3.01. The highest BCUT2D eigenvalue weighted by atomic mass is 35.5. The molecule has 0 saturated carbocycles. The third-order valence-corrected chi connectivity index (χ3v) is 2.30. The number of aromatic nitrogens is 2. The molecule has 0 radical (unpaired) electrons. The van der Waals surface area contributed by atoms with Crippen LogP contribution in [0.2, 0.25) is 5.02 Å². The lowest BCUT2D eigenvalue weighted by molar-refractivity contribution is 0.571. The van der Waals surface area contributed by atoms with Gasteiger partial charge in [0.05, 0.1) is 12.2 Å². The monoisotopic (exact) mass is 238 g/mol. The van der Waals surface area contributed by atoms with Gasteiger partial charge in [0.2, 0.25) is 5.95 Å². The molecule has 0 aliphatic heterocycles. The Balaban J connectivity index is 2.31. The second-order valence-corrected chi connectivity index (χ2v) is 3.70. The van der Waals surface area contributed by atoms with E-state index in [-0.39, 0.29) is 12.1 Å². The summed E-state index contributed by atoms with van der Waals surface area (Å²) in [6, 6.07) is 7.37. The minimum Gasteiger partial charge on any atom is -0.309 e. The number of rotatable bonds is 2. The highest BCUT2D eigenvalue weighted by molar-refractivity contribution is 6.30. The van der Waals surface area contributed by atoms with Crippen LogP contribution >= 0.6 is 11.6 Å². The fourth-order valence-corrected chi connectivity index (χ4v) is 1.48. The molecular weight excluding hydrogens is 231 g/mol. The van der Waals surface area contributed by atoms with E-state index < -0.39 is 5.95 Å². The molecule has 0 atom stereocenters. The van der Waals surface area contributed by atoms with Crippen molar-refractivity contribution < 1.29 is 4.39 Å². The molecule has 82 valence electrons. The minimum atomic E-state index is -0.556. The van der Waals surface area contributed by atoms with E-state index in [4.69, 9.17) is 11.6 Å². The molecule has 0 amide bonds. The number of hydrogen-bond donors (Lipinski definition) is 0. The van der Waals surface area contributed by atoms with Crippen molar-refractivity contribution in [2.24, 2.45) is 0 Å². The van der Waals surface area contributed by atoms with Crippen molar-refractivity contribution in [2.75, 3.05) is 0 Å². The van der Waals surface area contributed by atoms with Crippen molar-refractivity contribution in [3.05, 3.63) is 63.5 Å². The Morgan fingerprint density at radius 1 is 1.38 bits per heavy atom. The summed E-state index contributed by atoms with van der Waals surface area (Å²) in [4.78, 5) is 15.2. The summed E-state index contributed by atoms with van der Waals surface area (Å²) in [5.74, 6) is -0.556. The van der Waals surface area contributed by atoms with Crippen LogP contribution in [-0.4, -0.2) is 9.55 Å². The van der Waals surface area contributed by atoms with Gasteiger partial charge in [0.1, 0.15) is 0 Å². The first-order valence-corrected chi connectivity index (χ1v) is 5.00. The molecule has 2 heterocycles. The molecule has 0 aromatic carbocycles. The standard InChI is InChI=1S/C11H8ClFN2O/c12-8-4-5-15(11(16)6-8)7-9-2-1-3-10(13)14-9/h1-6H,7H2. The molecular formula is C11H8ClFN2O. The molecule has 2 rings (SSSR count). The maximum atomic E-state index is 12.8. The number of pyridine rings is 2. The number of halogens is 2. The van der Waals surface area contributed by atoms with E-state index in [1.807, 2.05) is 0 Å². The molecule has 5 heteroatoms. The molecule has 2 aromatic rings. The van der Waals surface area contributed by atoms with Crippen molar-refractivity contribution in [1.29, 1.82) is 0 Å². The first kappa shape index (κ1) is 10.8. The fraction of sp³-hybridized carbons (Fsp3) is 0.0909. The quantitative estimate of drug-likeness (QED) is 0.751. The molecule has 0 fully saturated rings. The Labute approximate surface area is 96.1 Å². The molecule has 0 aliphatic carbocycles. The summed E-state index contributed by atoms with van der Waals surface area (Å²) in [6.07, 6.45) is 1.55. The lowest BCUT2D eigenvalue weighted by atomic mass is 10.3. The normalized spacial score (nSPS) is 10.4. The average Bonchev–Trinajstić information content (AvgIpc) is 2.22. The van der Waals surface area contributed by atoms with Crippen LogP contribution in [0.5, 0.6) is 0 Å². The van der Waals surface area contributed by atoms with Gasteiger partial charge in [-0.05, 0) is 18.2 Å². The fourth-order valence-electron chi connectivity index (χ4n) is 1.33. The van der Waals surface area contributed by atoms with Gasteiger partial charge in [0.25, 0.3) is 5.56 Å². The lowest BCUT2D eigenvalue weighted by Crippen LogP contribution is -2.19. The van der Waals surface area contributed by atoms with E-state index in [9.17, 15) is 9.18 Å². The molecule has 0 saturated heterocycles. The Morgan fingerprint density at radius 3 is 2.88 bits per heavy atom. The third-order valence-electron chi connectivity index (χ3n) is 2.06. The smallest absolute Gasteiger partial charge is 0.252 e. The third kappa shape index (κ3) is 2.46. The van der Waals surface area contributed by atoms with Crippen LogP contribution in [0.4, 0.5) is 4.39 Å². The number of nitrogens with zero attached hydrogens (tertiary/aromatic N) is 2. The van der Waals surface area contributed by atoms with Crippen LogP contribution in [0.25, 0.3) is 0 Å². The van der Waals surface area contributed by atoms with Crippen molar-refractivity contribution in [3.8, 4) is 0 Å². The van der Waals surface area contributed by atoms with Crippen LogP contribution in [0, 0.1) is 5.95 Å². The summed E-state index contributed by atoms with van der Waals surface area (Å²) in [6.45, 7) is 0.230. The van der Waals surface area contributed by atoms with Gasteiger partial charge in [0.15, 0.2) is 0 Å². The van der Waals surface area contributed by atoms with Crippen LogP contribution in [0.15, 0.2) is 41.3 Å². The van der Waals surface area contributed by atoms with Crippen molar-refractivity contribution >= 4 is 11.6 Å².